The third-order valence-corrected chi connectivity index (χ3v) is 2.38. The maximum atomic E-state index is 10.6. The van der Waals surface area contributed by atoms with E-state index >= 15 is 0 Å². The molecule has 0 aromatic carbocycles. The molecule has 0 unspecified atom stereocenters. The van der Waals surface area contributed by atoms with Crippen molar-refractivity contribution in [2.45, 2.75) is 0 Å². The van der Waals surface area contributed by atoms with Crippen LogP contribution in [0.15, 0.2) is 12.4 Å². The summed E-state index contributed by atoms with van der Waals surface area (Å²) in [6.07, 6.45) is 3.99. The summed E-state index contributed by atoms with van der Waals surface area (Å²) in [5.74, 6) is 0.340. The lowest BCUT2D eigenvalue weighted by atomic mass is 10.7. The second-order valence-corrected chi connectivity index (χ2v) is 5.30. The van der Waals surface area contributed by atoms with Gasteiger partial charge in [0.2, 0.25) is 5.88 Å². The second-order valence-electron chi connectivity index (χ2n) is 2.55. The molecule has 0 saturated carbocycles. The number of halogens is 1. The van der Waals surface area contributed by atoms with Gasteiger partial charge in [-0.15, -0.1) is 0 Å². The van der Waals surface area contributed by atoms with Gasteiger partial charge in [0.05, 0.1) is 18.6 Å². The molecule has 0 radical (unpaired) electrons. The quantitative estimate of drug-likeness (QED) is 0.438. The van der Waals surface area contributed by atoms with E-state index in [4.69, 9.17) is 4.74 Å². The van der Waals surface area contributed by atoms with Crippen LogP contribution in [0.5, 0.6) is 5.88 Å². The first-order chi connectivity index (χ1) is 6.97. The fourth-order valence-corrected chi connectivity index (χ4v) is 1.36. The van der Waals surface area contributed by atoms with E-state index in [0.29, 0.717) is 5.88 Å². The lowest BCUT2D eigenvalue weighted by Gasteiger charge is -2.04. The van der Waals surface area contributed by atoms with Crippen molar-refractivity contribution in [1.29, 1.82) is 0 Å². The van der Waals surface area contributed by atoms with Crippen LogP contribution in [0, 0.1) is 3.70 Å². The molecule has 1 rings (SSSR count). The van der Waals surface area contributed by atoms with Gasteiger partial charge < -0.3 is 4.74 Å². The normalized spacial score (nSPS) is 11.3. The van der Waals surface area contributed by atoms with E-state index in [1.807, 2.05) is 22.6 Å². The zero-order chi connectivity index (χ0) is 11.3. The maximum absolute atomic E-state index is 10.6. The van der Waals surface area contributed by atoms with Crippen molar-refractivity contribution in [1.82, 2.24) is 9.97 Å². The number of ether oxygens (including phenoxy) is 1. The molecule has 0 aliphatic heterocycles. The van der Waals surface area contributed by atoms with Crippen molar-refractivity contribution in [3.8, 4) is 5.88 Å². The van der Waals surface area contributed by atoms with E-state index in [2.05, 4.69) is 14.2 Å². The molecule has 1 aromatic heterocycles. The van der Waals surface area contributed by atoms with Gasteiger partial charge in [0.1, 0.15) is 16.9 Å². The van der Waals surface area contributed by atoms with Crippen LogP contribution in [0.3, 0.4) is 0 Å². The Bertz CT molecular complexity index is 406. The molecule has 0 N–H and O–H groups in total. The van der Waals surface area contributed by atoms with Crippen LogP contribution in [-0.4, -0.2) is 37.9 Å². The Labute approximate surface area is 101 Å². The summed E-state index contributed by atoms with van der Waals surface area (Å²) in [6.45, 7) is 0.0782. The molecule has 0 atom stereocenters. The molecule has 1 heterocycles. The van der Waals surface area contributed by atoms with Crippen LogP contribution < -0.4 is 4.74 Å². The maximum Gasteiger partial charge on any atom is 0.264 e. The first kappa shape index (κ1) is 12.6. The van der Waals surface area contributed by atoms with Crippen LogP contribution in [-0.2, 0) is 14.3 Å². The van der Waals surface area contributed by atoms with Crippen LogP contribution in [0.2, 0.25) is 0 Å². The third kappa shape index (κ3) is 5.85. The predicted molar refractivity (Wildman–Crippen MR) is 61.0 cm³/mol. The summed E-state index contributed by atoms with van der Waals surface area (Å²) in [6, 6.07) is 0. The number of hydrogen-bond donors (Lipinski definition) is 0. The van der Waals surface area contributed by atoms with Gasteiger partial charge in [-0.05, 0) is 22.6 Å². The summed E-state index contributed by atoms with van der Waals surface area (Å²) in [7, 11) is -3.40. The first-order valence-corrected chi connectivity index (χ1v) is 6.81. The lowest BCUT2D eigenvalue weighted by Crippen LogP contribution is -2.11. The van der Waals surface area contributed by atoms with E-state index in [1.54, 1.807) is 6.20 Å². The molecule has 8 heteroatoms. The molecule has 1 aromatic rings. The average molecular weight is 344 g/mol. The topological polar surface area (TPSA) is 78.4 Å². The van der Waals surface area contributed by atoms with Gasteiger partial charge in [0, 0.05) is 0 Å². The largest absolute Gasteiger partial charge is 0.474 e. The Morgan fingerprint density at radius 3 is 2.60 bits per heavy atom. The molecule has 0 bridgehead atoms. The SMILES string of the molecule is CS(=O)(=O)OCCOc1cnc(I)cn1. The summed E-state index contributed by atoms with van der Waals surface area (Å²) < 4.78 is 31.5. The Kier molecular flexibility index (Phi) is 4.67. The Morgan fingerprint density at radius 2 is 2.07 bits per heavy atom. The second kappa shape index (κ2) is 5.56. The van der Waals surface area contributed by atoms with Crippen LogP contribution >= 0.6 is 22.6 Å². The number of rotatable bonds is 5. The lowest BCUT2D eigenvalue weighted by molar-refractivity contribution is 0.216. The minimum absolute atomic E-state index is 0.0352. The minimum Gasteiger partial charge on any atom is -0.474 e. The van der Waals surface area contributed by atoms with Gasteiger partial charge in [0.25, 0.3) is 10.1 Å². The number of hydrogen-bond acceptors (Lipinski definition) is 6. The molecule has 0 spiro atoms. The highest BCUT2D eigenvalue weighted by atomic mass is 127. The number of nitrogens with zero attached hydrogens (tertiary/aromatic N) is 2. The molecule has 15 heavy (non-hydrogen) atoms. The zero-order valence-electron chi connectivity index (χ0n) is 7.88. The van der Waals surface area contributed by atoms with Crippen molar-refractivity contribution in [3.05, 3.63) is 16.1 Å². The average Bonchev–Trinajstić information content (AvgIpc) is 2.14. The van der Waals surface area contributed by atoms with Crippen molar-refractivity contribution in [2.24, 2.45) is 0 Å². The van der Waals surface area contributed by atoms with Gasteiger partial charge in [-0.1, -0.05) is 0 Å². The van der Waals surface area contributed by atoms with Gasteiger partial charge in [-0.25, -0.2) is 9.97 Å². The third-order valence-electron chi connectivity index (χ3n) is 1.23. The Hall–Kier alpha value is -0.480. The molecule has 84 valence electrons. The van der Waals surface area contributed by atoms with E-state index < -0.39 is 10.1 Å². The van der Waals surface area contributed by atoms with Crippen molar-refractivity contribution < 1.29 is 17.3 Å². The fourth-order valence-electron chi connectivity index (χ4n) is 0.707. The van der Waals surface area contributed by atoms with E-state index in [0.717, 1.165) is 9.96 Å². The molecular formula is C7H9IN2O4S. The highest BCUT2D eigenvalue weighted by Gasteiger charge is 2.01. The smallest absolute Gasteiger partial charge is 0.264 e. The van der Waals surface area contributed by atoms with Crippen LogP contribution in [0.1, 0.15) is 0 Å². The van der Waals surface area contributed by atoms with Crippen LogP contribution in [0.25, 0.3) is 0 Å². The minimum atomic E-state index is -3.40. The van der Waals surface area contributed by atoms with E-state index in [-0.39, 0.29) is 13.2 Å². The van der Waals surface area contributed by atoms with Gasteiger partial charge >= 0.3 is 0 Å². The molecule has 0 fully saturated rings. The summed E-state index contributed by atoms with van der Waals surface area (Å²) in [4.78, 5) is 7.86. The molecule has 0 aliphatic rings. The highest BCUT2D eigenvalue weighted by Crippen LogP contribution is 2.05. The molecule has 0 amide bonds. The van der Waals surface area contributed by atoms with Crippen molar-refractivity contribution in [3.63, 3.8) is 0 Å². The first-order valence-electron chi connectivity index (χ1n) is 3.92. The standard InChI is InChI=1S/C7H9IN2O4S/c1-15(11,12)14-3-2-13-7-5-9-6(8)4-10-7/h4-5H,2-3H2,1H3. The molecule has 6 nitrogen and oxygen atoms in total. The predicted octanol–water partition coefficient (Wildman–Crippen LogP) is 0.436. The van der Waals surface area contributed by atoms with Crippen molar-refractivity contribution in [2.75, 3.05) is 19.5 Å². The number of aromatic nitrogens is 2. The fraction of sp³-hybridized carbons (Fsp3) is 0.429. The van der Waals surface area contributed by atoms with E-state index in [1.165, 1.54) is 6.20 Å². The van der Waals surface area contributed by atoms with Gasteiger partial charge in [0.15, 0.2) is 0 Å². The Morgan fingerprint density at radius 1 is 1.33 bits per heavy atom. The highest BCUT2D eigenvalue weighted by molar-refractivity contribution is 14.1. The molecule has 0 saturated heterocycles. The Balaban J connectivity index is 2.29. The summed E-state index contributed by atoms with van der Waals surface area (Å²) in [5.41, 5.74) is 0. The van der Waals surface area contributed by atoms with Crippen LogP contribution in [0.4, 0.5) is 0 Å². The van der Waals surface area contributed by atoms with Gasteiger partial charge in [-0.3, -0.25) is 4.18 Å². The zero-order valence-corrected chi connectivity index (χ0v) is 10.9. The summed E-state index contributed by atoms with van der Waals surface area (Å²) in [5, 5.41) is 0. The van der Waals surface area contributed by atoms with Crippen molar-refractivity contribution >= 4 is 32.7 Å². The monoisotopic (exact) mass is 344 g/mol. The van der Waals surface area contributed by atoms with E-state index in [9.17, 15) is 8.42 Å². The van der Waals surface area contributed by atoms with Gasteiger partial charge in [-0.2, -0.15) is 8.42 Å². The molecular weight excluding hydrogens is 335 g/mol. The molecule has 0 aliphatic carbocycles. The summed E-state index contributed by atoms with van der Waals surface area (Å²) >= 11 is 2.02.